The summed E-state index contributed by atoms with van der Waals surface area (Å²) >= 11 is 0. The Morgan fingerprint density at radius 1 is 1.22 bits per heavy atom. The van der Waals surface area contributed by atoms with E-state index in [2.05, 4.69) is 27.3 Å². The Morgan fingerprint density at radius 3 is 2.96 bits per heavy atom. The molecule has 0 saturated carbocycles. The van der Waals surface area contributed by atoms with Crippen molar-refractivity contribution in [2.75, 3.05) is 45.1 Å². The highest BCUT2D eigenvalue weighted by Gasteiger charge is 2.15. The molecule has 1 aromatic carbocycles. The summed E-state index contributed by atoms with van der Waals surface area (Å²) in [6.07, 6.45) is 4.73. The van der Waals surface area contributed by atoms with Crippen molar-refractivity contribution in [3.05, 3.63) is 42.7 Å². The third-order valence-electron chi connectivity index (χ3n) is 4.08. The van der Waals surface area contributed by atoms with Gasteiger partial charge in [-0.1, -0.05) is 6.07 Å². The molecule has 6 heteroatoms. The summed E-state index contributed by atoms with van der Waals surface area (Å²) in [5.41, 5.74) is 1.74. The van der Waals surface area contributed by atoms with E-state index in [0.29, 0.717) is 6.54 Å². The number of nitrogens with one attached hydrogen (secondary N) is 1. The van der Waals surface area contributed by atoms with Gasteiger partial charge in [0.25, 0.3) is 0 Å². The van der Waals surface area contributed by atoms with Crippen molar-refractivity contribution < 1.29 is 4.79 Å². The van der Waals surface area contributed by atoms with E-state index in [0.717, 1.165) is 44.0 Å². The number of hydrogen-bond acceptors (Lipinski definition) is 4. The van der Waals surface area contributed by atoms with Gasteiger partial charge >= 0.3 is 0 Å². The molecule has 2 aromatic rings. The molecule has 0 spiro atoms. The van der Waals surface area contributed by atoms with Crippen LogP contribution in [0.5, 0.6) is 0 Å². The lowest BCUT2D eigenvalue weighted by molar-refractivity contribution is -0.117. The van der Waals surface area contributed by atoms with Crippen LogP contribution in [0.1, 0.15) is 6.42 Å². The molecular weight excluding hydrogens is 290 g/mol. The Balaban J connectivity index is 1.58. The number of aromatic nitrogens is 2. The van der Waals surface area contributed by atoms with E-state index in [9.17, 15) is 4.79 Å². The van der Waals surface area contributed by atoms with Gasteiger partial charge in [0.2, 0.25) is 5.91 Å². The number of hydrogen-bond donors (Lipinski definition) is 1. The maximum atomic E-state index is 12.3. The smallest absolute Gasteiger partial charge is 0.238 e. The first-order valence-corrected chi connectivity index (χ1v) is 8.01. The Morgan fingerprint density at radius 2 is 2.13 bits per heavy atom. The predicted molar refractivity (Wildman–Crippen MR) is 90.7 cm³/mol. The average Bonchev–Trinajstić information content (AvgIpc) is 3.00. The van der Waals surface area contributed by atoms with Crippen LogP contribution in [0.15, 0.2) is 42.7 Å². The van der Waals surface area contributed by atoms with Crippen LogP contribution < -0.4 is 5.32 Å². The van der Waals surface area contributed by atoms with Gasteiger partial charge in [-0.2, -0.15) is 5.10 Å². The summed E-state index contributed by atoms with van der Waals surface area (Å²) in [4.78, 5) is 16.8. The van der Waals surface area contributed by atoms with Crippen LogP contribution >= 0.6 is 0 Å². The standard InChI is InChI=1S/C17H23N5O/c1-20-8-4-9-21(12-11-20)14-17(23)19-15-5-2-6-16(13-15)22-10-3-7-18-22/h2-3,5-7,10,13H,4,8-9,11-12,14H2,1H3,(H,19,23). The van der Waals surface area contributed by atoms with Gasteiger partial charge in [-0.05, 0) is 50.8 Å². The van der Waals surface area contributed by atoms with E-state index in [1.54, 1.807) is 10.9 Å². The number of rotatable bonds is 4. The van der Waals surface area contributed by atoms with Crippen LogP contribution in [-0.2, 0) is 4.79 Å². The lowest BCUT2D eigenvalue weighted by Gasteiger charge is -2.19. The van der Waals surface area contributed by atoms with Crippen molar-refractivity contribution in [2.24, 2.45) is 0 Å². The summed E-state index contributed by atoms with van der Waals surface area (Å²) in [7, 11) is 2.13. The van der Waals surface area contributed by atoms with Crippen molar-refractivity contribution in [3.63, 3.8) is 0 Å². The number of anilines is 1. The zero-order chi connectivity index (χ0) is 16.1. The quantitative estimate of drug-likeness (QED) is 0.928. The highest BCUT2D eigenvalue weighted by molar-refractivity contribution is 5.92. The van der Waals surface area contributed by atoms with E-state index in [-0.39, 0.29) is 5.91 Å². The van der Waals surface area contributed by atoms with Crippen LogP contribution in [-0.4, -0.2) is 65.3 Å². The fraction of sp³-hybridized carbons (Fsp3) is 0.412. The van der Waals surface area contributed by atoms with Crippen LogP contribution in [0.3, 0.4) is 0 Å². The summed E-state index contributed by atoms with van der Waals surface area (Å²) in [5.74, 6) is 0.0344. The second kappa shape index (κ2) is 7.39. The van der Waals surface area contributed by atoms with Crippen molar-refractivity contribution >= 4 is 11.6 Å². The van der Waals surface area contributed by atoms with Gasteiger partial charge in [-0.15, -0.1) is 0 Å². The molecule has 1 saturated heterocycles. The molecule has 2 heterocycles. The van der Waals surface area contributed by atoms with E-state index in [4.69, 9.17) is 0 Å². The second-order valence-corrected chi connectivity index (χ2v) is 5.98. The van der Waals surface area contributed by atoms with Crippen molar-refractivity contribution in [1.29, 1.82) is 0 Å². The predicted octanol–water partition coefficient (Wildman–Crippen LogP) is 1.45. The monoisotopic (exact) mass is 313 g/mol. The molecular formula is C17H23N5O. The van der Waals surface area contributed by atoms with Gasteiger partial charge in [0, 0.05) is 31.2 Å². The first-order chi connectivity index (χ1) is 11.2. The average molecular weight is 313 g/mol. The molecule has 0 aliphatic carbocycles. The van der Waals surface area contributed by atoms with Gasteiger partial charge in [-0.25, -0.2) is 4.68 Å². The van der Waals surface area contributed by atoms with Gasteiger partial charge < -0.3 is 10.2 Å². The third-order valence-corrected chi connectivity index (χ3v) is 4.08. The van der Waals surface area contributed by atoms with Gasteiger partial charge in [0.1, 0.15) is 0 Å². The number of likely N-dealkylation sites (N-methyl/N-ethyl adjacent to an activating group) is 1. The van der Waals surface area contributed by atoms with Crippen LogP contribution in [0.25, 0.3) is 5.69 Å². The molecule has 1 aromatic heterocycles. The summed E-state index contributed by atoms with van der Waals surface area (Å²) < 4.78 is 1.78. The molecule has 0 radical (unpaired) electrons. The number of carbonyl (C=O) groups excluding carboxylic acids is 1. The fourth-order valence-corrected chi connectivity index (χ4v) is 2.81. The summed E-state index contributed by atoms with van der Waals surface area (Å²) in [5, 5.41) is 7.20. The number of carbonyl (C=O) groups is 1. The van der Waals surface area contributed by atoms with E-state index in [1.165, 1.54) is 0 Å². The normalized spacial score (nSPS) is 16.9. The zero-order valence-corrected chi connectivity index (χ0v) is 13.5. The lowest BCUT2D eigenvalue weighted by Crippen LogP contribution is -2.35. The highest BCUT2D eigenvalue weighted by Crippen LogP contribution is 2.14. The SMILES string of the molecule is CN1CCCN(CC(=O)Nc2cccc(-n3cccn3)c2)CC1. The molecule has 122 valence electrons. The highest BCUT2D eigenvalue weighted by atomic mass is 16.2. The molecule has 1 aliphatic heterocycles. The van der Waals surface area contributed by atoms with Crippen LogP contribution in [0.4, 0.5) is 5.69 Å². The minimum absolute atomic E-state index is 0.0344. The molecule has 23 heavy (non-hydrogen) atoms. The zero-order valence-electron chi connectivity index (χ0n) is 13.5. The molecule has 1 aliphatic rings. The van der Waals surface area contributed by atoms with E-state index < -0.39 is 0 Å². The second-order valence-electron chi connectivity index (χ2n) is 5.98. The molecule has 3 rings (SSSR count). The largest absolute Gasteiger partial charge is 0.325 e. The Hall–Kier alpha value is -2.18. The minimum atomic E-state index is 0.0344. The van der Waals surface area contributed by atoms with Gasteiger partial charge in [0.15, 0.2) is 0 Å². The van der Waals surface area contributed by atoms with E-state index >= 15 is 0 Å². The minimum Gasteiger partial charge on any atom is -0.325 e. The Labute approximate surface area is 136 Å². The molecule has 1 amide bonds. The number of amides is 1. The first-order valence-electron chi connectivity index (χ1n) is 8.01. The van der Waals surface area contributed by atoms with Crippen LogP contribution in [0.2, 0.25) is 0 Å². The van der Waals surface area contributed by atoms with Crippen LogP contribution in [0, 0.1) is 0 Å². The van der Waals surface area contributed by atoms with Gasteiger partial charge in [0.05, 0.1) is 12.2 Å². The third kappa shape index (κ3) is 4.40. The Kier molecular flexibility index (Phi) is 5.05. The summed E-state index contributed by atoms with van der Waals surface area (Å²) in [6, 6.07) is 9.60. The van der Waals surface area contributed by atoms with Gasteiger partial charge in [-0.3, -0.25) is 9.69 Å². The first kappa shape index (κ1) is 15.7. The topological polar surface area (TPSA) is 53.4 Å². The van der Waals surface area contributed by atoms with Crippen molar-refractivity contribution in [2.45, 2.75) is 6.42 Å². The van der Waals surface area contributed by atoms with E-state index in [1.807, 2.05) is 36.5 Å². The maximum Gasteiger partial charge on any atom is 0.238 e. The molecule has 0 atom stereocenters. The molecule has 6 nitrogen and oxygen atoms in total. The molecule has 1 fully saturated rings. The number of nitrogens with zero attached hydrogens (tertiary/aromatic N) is 4. The maximum absolute atomic E-state index is 12.3. The Bertz CT molecular complexity index is 640. The summed E-state index contributed by atoms with van der Waals surface area (Å²) in [6.45, 7) is 4.48. The van der Waals surface area contributed by atoms with Crippen molar-refractivity contribution in [1.82, 2.24) is 19.6 Å². The molecule has 0 unspecified atom stereocenters. The van der Waals surface area contributed by atoms with Crippen molar-refractivity contribution in [3.8, 4) is 5.69 Å². The molecule has 1 N–H and O–H groups in total. The number of benzene rings is 1. The fourth-order valence-electron chi connectivity index (χ4n) is 2.81. The molecule has 0 bridgehead atoms. The lowest BCUT2D eigenvalue weighted by atomic mass is 10.2.